The SMILES string of the molecule is CCCCCCCCCCCCCCCCCCOC(CO)CO. The topological polar surface area (TPSA) is 49.7 Å². The number of rotatable bonds is 20. The minimum absolute atomic E-state index is 0.0879. The molecule has 2 N–H and O–H groups in total. The van der Waals surface area contributed by atoms with E-state index in [0.717, 1.165) is 6.42 Å². The van der Waals surface area contributed by atoms with Crippen molar-refractivity contribution >= 4 is 0 Å². The molecule has 0 aromatic carbocycles. The second-order valence-electron chi connectivity index (χ2n) is 7.16. The first-order valence-electron chi connectivity index (χ1n) is 10.7. The Morgan fingerprint density at radius 2 is 0.875 bits per heavy atom. The highest BCUT2D eigenvalue weighted by atomic mass is 16.5. The van der Waals surface area contributed by atoms with Crippen LogP contribution in [0.2, 0.25) is 0 Å². The van der Waals surface area contributed by atoms with Gasteiger partial charge >= 0.3 is 0 Å². The van der Waals surface area contributed by atoms with Gasteiger partial charge in [-0.1, -0.05) is 103 Å². The third-order valence-electron chi connectivity index (χ3n) is 4.76. The Hall–Kier alpha value is -0.120. The molecule has 0 aromatic heterocycles. The molecule has 0 saturated carbocycles. The highest BCUT2D eigenvalue weighted by molar-refractivity contribution is 4.53. The second kappa shape index (κ2) is 20.9. The van der Waals surface area contributed by atoms with Crippen LogP contribution >= 0.6 is 0 Å². The van der Waals surface area contributed by atoms with Gasteiger partial charge in [0.15, 0.2) is 0 Å². The van der Waals surface area contributed by atoms with Gasteiger partial charge in [-0.3, -0.25) is 0 Å². The summed E-state index contributed by atoms with van der Waals surface area (Å²) in [4.78, 5) is 0. The predicted molar refractivity (Wildman–Crippen MR) is 103 cm³/mol. The van der Waals surface area contributed by atoms with E-state index in [9.17, 15) is 0 Å². The van der Waals surface area contributed by atoms with E-state index in [0.29, 0.717) is 6.61 Å². The van der Waals surface area contributed by atoms with Crippen LogP contribution in [0.15, 0.2) is 0 Å². The molecular weight excluding hydrogens is 300 g/mol. The summed E-state index contributed by atoms with van der Waals surface area (Å²) in [6.07, 6.45) is 21.5. The molecule has 3 heteroatoms. The van der Waals surface area contributed by atoms with Gasteiger partial charge in [0.25, 0.3) is 0 Å². The zero-order valence-corrected chi connectivity index (χ0v) is 16.3. The lowest BCUT2D eigenvalue weighted by Crippen LogP contribution is -2.22. The molecule has 0 aliphatic rings. The molecule has 0 rings (SSSR count). The van der Waals surface area contributed by atoms with E-state index in [1.165, 1.54) is 96.3 Å². The van der Waals surface area contributed by atoms with Crippen LogP contribution in [0.1, 0.15) is 110 Å². The van der Waals surface area contributed by atoms with Crippen LogP contribution in [0.3, 0.4) is 0 Å². The molecule has 24 heavy (non-hydrogen) atoms. The molecule has 0 fully saturated rings. The van der Waals surface area contributed by atoms with Gasteiger partial charge in [-0.15, -0.1) is 0 Å². The first-order chi connectivity index (χ1) is 11.8. The van der Waals surface area contributed by atoms with E-state index in [2.05, 4.69) is 6.92 Å². The van der Waals surface area contributed by atoms with Crippen molar-refractivity contribution in [2.24, 2.45) is 0 Å². The van der Waals surface area contributed by atoms with E-state index in [1.54, 1.807) is 0 Å². The summed E-state index contributed by atoms with van der Waals surface area (Å²) < 4.78 is 5.36. The molecule has 0 amide bonds. The smallest absolute Gasteiger partial charge is 0.104 e. The first kappa shape index (κ1) is 23.9. The normalized spacial score (nSPS) is 11.5. The number of unbranched alkanes of at least 4 members (excludes halogenated alkanes) is 15. The number of hydrogen-bond donors (Lipinski definition) is 2. The van der Waals surface area contributed by atoms with Crippen LogP contribution in [0.4, 0.5) is 0 Å². The lowest BCUT2D eigenvalue weighted by atomic mass is 10.0. The van der Waals surface area contributed by atoms with Crippen LogP contribution in [-0.4, -0.2) is 36.1 Å². The van der Waals surface area contributed by atoms with Gasteiger partial charge < -0.3 is 14.9 Å². The summed E-state index contributed by atoms with van der Waals surface area (Å²) in [7, 11) is 0. The molecule has 0 atom stereocenters. The average molecular weight is 345 g/mol. The summed E-state index contributed by atoms with van der Waals surface area (Å²) in [6.45, 7) is 2.76. The van der Waals surface area contributed by atoms with Crippen LogP contribution in [0, 0.1) is 0 Å². The van der Waals surface area contributed by atoms with Crippen molar-refractivity contribution in [2.45, 2.75) is 116 Å². The van der Waals surface area contributed by atoms with Crippen LogP contribution in [0.5, 0.6) is 0 Å². The molecule has 146 valence electrons. The van der Waals surface area contributed by atoms with Crippen molar-refractivity contribution in [3.63, 3.8) is 0 Å². The van der Waals surface area contributed by atoms with E-state index in [-0.39, 0.29) is 19.3 Å². The largest absolute Gasteiger partial charge is 0.394 e. The van der Waals surface area contributed by atoms with E-state index in [4.69, 9.17) is 14.9 Å². The molecule has 0 aromatic rings. The fourth-order valence-electron chi connectivity index (χ4n) is 3.06. The fraction of sp³-hybridized carbons (Fsp3) is 1.00. The number of ether oxygens (including phenoxy) is 1. The standard InChI is InChI=1S/C21H44O3/c1-2-3-4-5-6-7-8-9-10-11-12-13-14-15-16-17-18-24-21(19-22)20-23/h21-23H,2-20H2,1H3. The second-order valence-corrected chi connectivity index (χ2v) is 7.16. The summed E-state index contributed by atoms with van der Waals surface area (Å²) in [6, 6.07) is 0. The maximum atomic E-state index is 8.88. The zero-order valence-electron chi connectivity index (χ0n) is 16.3. The highest BCUT2D eigenvalue weighted by Gasteiger charge is 2.04. The number of aliphatic hydroxyl groups is 2. The Labute approximate surface area is 151 Å². The van der Waals surface area contributed by atoms with Crippen LogP contribution < -0.4 is 0 Å². The quantitative estimate of drug-likeness (QED) is 0.282. The van der Waals surface area contributed by atoms with Gasteiger partial charge in [0.2, 0.25) is 0 Å². The predicted octanol–water partition coefficient (Wildman–Crippen LogP) is 5.62. The Balaban J connectivity index is 3.03. The Bertz CT molecular complexity index is 217. The average Bonchev–Trinajstić information content (AvgIpc) is 2.61. The molecule has 0 aliphatic heterocycles. The molecule has 0 saturated heterocycles. The van der Waals surface area contributed by atoms with Crippen molar-refractivity contribution in [3.8, 4) is 0 Å². The Morgan fingerprint density at radius 1 is 0.542 bits per heavy atom. The molecule has 0 aliphatic carbocycles. The third-order valence-corrected chi connectivity index (χ3v) is 4.76. The molecule has 0 unspecified atom stereocenters. The third kappa shape index (κ3) is 18.2. The number of aliphatic hydroxyl groups excluding tert-OH is 2. The Morgan fingerprint density at radius 3 is 1.21 bits per heavy atom. The minimum atomic E-state index is -0.388. The van der Waals surface area contributed by atoms with E-state index >= 15 is 0 Å². The van der Waals surface area contributed by atoms with Crippen molar-refractivity contribution in [3.05, 3.63) is 0 Å². The number of hydrogen-bond acceptors (Lipinski definition) is 3. The van der Waals surface area contributed by atoms with Gasteiger partial charge in [-0.2, -0.15) is 0 Å². The summed E-state index contributed by atoms with van der Waals surface area (Å²) >= 11 is 0. The van der Waals surface area contributed by atoms with Crippen LogP contribution in [-0.2, 0) is 4.74 Å². The van der Waals surface area contributed by atoms with Gasteiger partial charge in [0.05, 0.1) is 13.2 Å². The lowest BCUT2D eigenvalue weighted by Gasteiger charge is -2.11. The fourth-order valence-corrected chi connectivity index (χ4v) is 3.06. The van der Waals surface area contributed by atoms with Crippen molar-refractivity contribution in [2.75, 3.05) is 19.8 Å². The molecule has 0 bridgehead atoms. The highest BCUT2D eigenvalue weighted by Crippen LogP contribution is 2.13. The van der Waals surface area contributed by atoms with Crippen molar-refractivity contribution in [1.82, 2.24) is 0 Å². The van der Waals surface area contributed by atoms with Gasteiger partial charge in [0.1, 0.15) is 6.10 Å². The summed E-state index contributed by atoms with van der Waals surface area (Å²) in [5, 5.41) is 17.8. The van der Waals surface area contributed by atoms with Gasteiger partial charge in [0, 0.05) is 6.61 Å². The molecule has 0 spiro atoms. The summed E-state index contributed by atoms with van der Waals surface area (Å²) in [5.74, 6) is 0. The van der Waals surface area contributed by atoms with E-state index < -0.39 is 0 Å². The van der Waals surface area contributed by atoms with Crippen LogP contribution in [0.25, 0.3) is 0 Å². The lowest BCUT2D eigenvalue weighted by molar-refractivity contribution is -0.0208. The molecule has 3 nitrogen and oxygen atoms in total. The zero-order chi connectivity index (χ0) is 17.7. The van der Waals surface area contributed by atoms with Crippen molar-refractivity contribution in [1.29, 1.82) is 0 Å². The minimum Gasteiger partial charge on any atom is -0.394 e. The maximum absolute atomic E-state index is 8.88. The Kier molecular flexibility index (Phi) is 20.8. The van der Waals surface area contributed by atoms with Gasteiger partial charge in [-0.05, 0) is 6.42 Å². The maximum Gasteiger partial charge on any atom is 0.104 e. The summed E-state index contributed by atoms with van der Waals surface area (Å²) in [5.41, 5.74) is 0. The molecule has 0 heterocycles. The molecular formula is C21H44O3. The molecule has 0 radical (unpaired) electrons. The van der Waals surface area contributed by atoms with Gasteiger partial charge in [-0.25, -0.2) is 0 Å². The first-order valence-corrected chi connectivity index (χ1v) is 10.7. The van der Waals surface area contributed by atoms with Crippen molar-refractivity contribution < 1.29 is 14.9 Å². The monoisotopic (exact) mass is 344 g/mol. The van der Waals surface area contributed by atoms with E-state index in [1.807, 2.05) is 0 Å².